The molecule has 3 rings (SSSR count). The van der Waals surface area contributed by atoms with Crippen molar-refractivity contribution in [3.8, 4) is 0 Å². The van der Waals surface area contributed by atoms with E-state index in [1.54, 1.807) is 22.9 Å². The van der Waals surface area contributed by atoms with E-state index in [1.165, 1.54) is 5.56 Å². The summed E-state index contributed by atoms with van der Waals surface area (Å²) in [5, 5.41) is 0. The molecule has 0 bridgehead atoms. The Bertz CT molecular complexity index is 789. The number of aromatic nitrogens is 2. The van der Waals surface area contributed by atoms with Crippen LogP contribution in [-0.2, 0) is 13.0 Å². The van der Waals surface area contributed by atoms with E-state index in [2.05, 4.69) is 4.98 Å². The molecule has 0 aliphatic carbocycles. The normalized spacial score (nSPS) is 11.0. The Kier molecular flexibility index (Phi) is 3.25. The van der Waals surface area contributed by atoms with Gasteiger partial charge < -0.3 is 10.2 Å². The monoisotopic (exact) mass is 269 g/mol. The lowest BCUT2D eigenvalue weighted by atomic mass is 10.1. The van der Waals surface area contributed by atoms with Gasteiger partial charge in [0.05, 0.1) is 0 Å². The first-order chi connectivity index (χ1) is 9.74. The molecule has 5 nitrogen and oxygen atoms in total. The van der Waals surface area contributed by atoms with Gasteiger partial charge in [-0.15, -0.1) is 0 Å². The maximum absolute atomic E-state index is 11.8. The second kappa shape index (κ2) is 5.21. The van der Waals surface area contributed by atoms with Crippen LogP contribution in [0.3, 0.4) is 0 Å². The van der Waals surface area contributed by atoms with Gasteiger partial charge in [0.25, 0.3) is 0 Å². The predicted octanol–water partition coefficient (Wildman–Crippen LogP) is 2.20. The van der Waals surface area contributed by atoms with Gasteiger partial charge in [-0.05, 0) is 42.7 Å². The fourth-order valence-electron chi connectivity index (χ4n) is 2.29. The number of fused-ring (bicyclic) bond motifs is 1. The molecule has 102 valence electrons. The molecule has 0 fully saturated rings. The summed E-state index contributed by atoms with van der Waals surface area (Å²) in [5.74, 6) is -0.355. The summed E-state index contributed by atoms with van der Waals surface area (Å²) in [6.07, 6.45) is 3.34. The number of pyridine rings is 1. The number of rotatable bonds is 4. The minimum atomic E-state index is -0.355. The first kappa shape index (κ1) is 12.5. The molecule has 2 N–H and O–H groups in total. The Balaban J connectivity index is 1.74. The van der Waals surface area contributed by atoms with Crippen molar-refractivity contribution >= 4 is 16.9 Å². The number of benzene rings is 1. The number of nitrogens with zero attached hydrogens (tertiary/aromatic N) is 2. The number of hydrogen-bond donors (Lipinski definition) is 1. The quantitative estimate of drug-likeness (QED) is 0.737. The molecule has 1 aromatic carbocycles. The molecule has 0 saturated carbocycles. The number of oxazole rings is 1. The van der Waals surface area contributed by atoms with Crippen molar-refractivity contribution in [2.45, 2.75) is 19.4 Å². The van der Waals surface area contributed by atoms with Crippen LogP contribution in [0.15, 0.2) is 51.8 Å². The van der Waals surface area contributed by atoms with Crippen LogP contribution >= 0.6 is 0 Å². The molecule has 5 heteroatoms. The van der Waals surface area contributed by atoms with Crippen molar-refractivity contribution in [2.24, 2.45) is 0 Å². The van der Waals surface area contributed by atoms with Crippen LogP contribution in [0.2, 0.25) is 0 Å². The SMILES string of the molecule is Nc1cccc(CCCn2c(=O)oc3cccnc32)c1. The maximum Gasteiger partial charge on any atom is 0.421 e. The largest absolute Gasteiger partial charge is 0.421 e. The Morgan fingerprint density at radius 3 is 3.00 bits per heavy atom. The minimum Gasteiger partial charge on any atom is -0.406 e. The van der Waals surface area contributed by atoms with Gasteiger partial charge >= 0.3 is 5.76 Å². The maximum atomic E-state index is 11.8. The molecule has 2 aromatic heterocycles. The van der Waals surface area contributed by atoms with Crippen LogP contribution in [0, 0.1) is 0 Å². The molecule has 0 amide bonds. The van der Waals surface area contributed by atoms with Gasteiger partial charge in [-0.3, -0.25) is 4.57 Å². The second-order valence-corrected chi connectivity index (χ2v) is 4.69. The first-order valence-corrected chi connectivity index (χ1v) is 6.53. The van der Waals surface area contributed by atoms with Crippen LogP contribution in [0.25, 0.3) is 11.2 Å². The zero-order valence-electron chi connectivity index (χ0n) is 11.0. The molecule has 0 aliphatic heterocycles. The lowest BCUT2D eigenvalue weighted by Crippen LogP contribution is -2.15. The third-order valence-corrected chi connectivity index (χ3v) is 3.22. The van der Waals surface area contributed by atoms with E-state index in [-0.39, 0.29) is 5.76 Å². The van der Waals surface area contributed by atoms with E-state index in [0.29, 0.717) is 17.8 Å². The van der Waals surface area contributed by atoms with Gasteiger partial charge in [0, 0.05) is 18.4 Å². The van der Waals surface area contributed by atoms with Crippen LogP contribution in [0.1, 0.15) is 12.0 Å². The Hall–Kier alpha value is -2.56. The third-order valence-electron chi connectivity index (χ3n) is 3.22. The fourth-order valence-corrected chi connectivity index (χ4v) is 2.29. The Morgan fingerprint density at radius 2 is 2.15 bits per heavy atom. The predicted molar refractivity (Wildman–Crippen MR) is 77.4 cm³/mol. The Morgan fingerprint density at radius 1 is 1.25 bits per heavy atom. The first-order valence-electron chi connectivity index (χ1n) is 6.53. The molecule has 0 spiro atoms. The lowest BCUT2D eigenvalue weighted by molar-refractivity contribution is 0.497. The van der Waals surface area contributed by atoms with Crippen molar-refractivity contribution in [3.63, 3.8) is 0 Å². The van der Waals surface area contributed by atoms with Crippen LogP contribution in [0.5, 0.6) is 0 Å². The molecule has 0 aliphatic rings. The number of nitrogen functional groups attached to an aromatic ring is 1. The fraction of sp³-hybridized carbons (Fsp3) is 0.200. The van der Waals surface area contributed by atoms with E-state index in [9.17, 15) is 4.79 Å². The second-order valence-electron chi connectivity index (χ2n) is 4.69. The van der Waals surface area contributed by atoms with Crippen LogP contribution in [-0.4, -0.2) is 9.55 Å². The average molecular weight is 269 g/mol. The van der Waals surface area contributed by atoms with E-state index >= 15 is 0 Å². The van der Waals surface area contributed by atoms with Crippen molar-refractivity contribution in [2.75, 3.05) is 5.73 Å². The highest BCUT2D eigenvalue weighted by atomic mass is 16.4. The summed E-state index contributed by atoms with van der Waals surface area (Å²) in [6.45, 7) is 0.581. The molecular weight excluding hydrogens is 254 g/mol. The highest BCUT2D eigenvalue weighted by Gasteiger charge is 2.09. The molecule has 0 radical (unpaired) electrons. The van der Waals surface area contributed by atoms with Gasteiger partial charge in [0.1, 0.15) is 0 Å². The summed E-state index contributed by atoms with van der Waals surface area (Å²) in [6, 6.07) is 11.3. The van der Waals surface area contributed by atoms with Gasteiger partial charge in [-0.1, -0.05) is 12.1 Å². The number of aryl methyl sites for hydroxylation is 2. The van der Waals surface area contributed by atoms with E-state index < -0.39 is 0 Å². The minimum absolute atomic E-state index is 0.355. The number of anilines is 1. The zero-order valence-corrected chi connectivity index (χ0v) is 11.0. The molecule has 0 atom stereocenters. The van der Waals surface area contributed by atoms with Gasteiger partial charge in [0.15, 0.2) is 11.2 Å². The summed E-state index contributed by atoms with van der Waals surface area (Å²) < 4.78 is 6.72. The molecule has 0 unspecified atom stereocenters. The number of nitrogens with two attached hydrogens (primary N) is 1. The van der Waals surface area contributed by atoms with E-state index in [1.807, 2.05) is 24.3 Å². The average Bonchev–Trinajstić information content (AvgIpc) is 2.75. The zero-order chi connectivity index (χ0) is 13.9. The summed E-state index contributed by atoms with van der Waals surface area (Å²) >= 11 is 0. The van der Waals surface area contributed by atoms with Gasteiger partial charge in [-0.25, -0.2) is 9.78 Å². The van der Waals surface area contributed by atoms with Gasteiger partial charge in [0.2, 0.25) is 0 Å². The highest BCUT2D eigenvalue weighted by molar-refractivity contribution is 5.67. The van der Waals surface area contributed by atoms with E-state index in [4.69, 9.17) is 10.2 Å². The van der Waals surface area contributed by atoms with Crippen LogP contribution < -0.4 is 11.5 Å². The molecule has 20 heavy (non-hydrogen) atoms. The van der Waals surface area contributed by atoms with Crippen molar-refractivity contribution < 1.29 is 4.42 Å². The van der Waals surface area contributed by atoms with Crippen LogP contribution in [0.4, 0.5) is 5.69 Å². The molecule has 2 heterocycles. The van der Waals surface area contributed by atoms with E-state index in [0.717, 1.165) is 18.5 Å². The molecule has 3 aromatic rings. The summed E-state index contributed by atoms with van der Waals surface area (Å²) in [7, 11) is 0. The lowest BCUT2D eigenvalue weighted by Gasteiger charge is -2.03. The van der Waals surface area contributed by atoms with Crippen molar-refractivity contribution in [3.05, 3.63) is 58.7 Å². The van der Waals surface area contributed by atoms with Crippen molar-refractivity contribution in [1.82, 2.24) is 9.55 Å². The molecule has 0 saturated heterocycles. The molecular formula is C15H15N3O2. The Labute approximate surface area is 115 Å². The summed E-state index contributed by atoms with van der Waals surface area (Å²) in [5.41, 5.74) is 8.80. The summed E-state index contributed by atoms with van der Waals surface area (Å²) in [4.78, 5) is 16.0. The third kappa shape index (κ3) is 2.42. The smallest absolute Gasteiger partial charge is 0.406 e. The van der Waals surface area contributed by atoms with Crippen molar-refractivity contribution in [1.29, 1.82) is 0 Å². The topological polar surface area (TPSA) is 74.0 Å². The standard InChI is InChI=1S/C15H15N3O2/c16-12-6-1-4-11(10-12)5-3-9-18-14-13(20-15(18)19)7-2-8-17-14/h1-2,4,6-8,10H,3,5,9,16H2. The van der Waals surface area contributed by atoms with Gasteiger partial charge in [-0.2, -0.15) is 0 Å². The number of hydrogen-bond acceptors (Lipinski definition) is 4. The highest BCUT2D eigenvalue weighted by Crippen LogP contribution is 2.12.